The van der Waals surface area contributed by atoms with Crippen LogP contribution in [0.5, 0.6) is 0 Å². The average molecular weight is 306 g/mol. The van der Waals surface area contributed by atoms with Crippen LogP contribution in [0.15, 0.2) is 18.2 Å². The lowest BCUT2D eigenvalue weighted by Crippen LogP contribution is -2.24. The minimum absolute atomic E-state index is 0.318. The zero-order valence-electron chi connectivity index (χ0n) is 12.4. The monoisotopic (exact) mass is 305 g/mol. The van der Waals surface area contributed by atoms with Crippen molar-refractivity contribution in [3.05, 3.63) is 23.2 Å². The third kappa shape index (κ3) is 2.75. The molecule has 0 radical (unpaired) electrons. The molecule has 0 saturated heterocycles. The van der Waals surface area contributed by atoms with Crippen LogP contribution >= 0.6 is 11.6 Å². The van der Waals surface area contributed by atoms with Crippen LogP contribution < -0.4 is 5.73 Å². The summed E-state index contributed by atoms with van der Waals surface area (Å²) in [7, 11) is 0. The minimum Gasteiger partial charge on any atom is -0.398 e. The Bertz CT molecular complexity index is 619. The van der Waals surface area contributed by atoms with E-state index in [0.717, 1.165) is 18.4 Å². The van der Waals surface area contributed by atoms with Gasteiger partial charge in [0.1, 0.15) is 0 Å². The van der Waals surface area contributed by atoms with Crippen molar-refractivity contribution >= 4 is 17.3 Å². The molecule has 0 amide bonds. The Hall–Kier alpha value is -1.62. The lowest BCUT2D eigenvalue weighted by Gasteiger charge is -2.34. The fourth-order valence-electron chi connectivity index (χ4n) is 3.01. The molecular weight excluding hydrogens is 286 g/mol. The van der Waals surface area contributed by atoms with E-state index in [1.807, 2.05) is 22.9 Å². The van der Waals surface area contributed by atoms with Crippen LogP contribution in [0.1, 0.15) is 45.6 Å². The van der Waals surface area contributed by atoms with Gasteiger partial charge in [-0.25, -0.2) is 4.68 Å². The number of anilines is 1. The van der Waals surface area contributed by atoms with Gasteiger partial charge in [0.2, 0.25) is 0 Å². The Labute approximate surface area is 129 Å². The molecule has 1 aromatic carbocycles. The molecule has 1 fully saturated rings. The van der Waals surface area contributed by atoms with Crippen LogP contribution in [-0.4, -0.2) is 20.2 Å². The number of tetrazole rings is 1. The van der Waals surface area contributed by atoms with Crippen LogP contribution in [0.2, 0.25) is 5.02 Å². The number of hydrogen-bond acceptors (Lipinski definition) is 4. The third-order valence-corrected chi connectivity index (χ3v) is 4.73. The fourth-order valence-corrected chi connectivity index (χ4v) is 3.28. The molecule has 0 bridgehead atoms. The van der Waals surface area contributed by atoms with E-state index in [4.69, 9.17) is 17.3 Å². The van der Waals surface area contributed by atoms with Crippen LogP contribution in [0.4, 0.5) is 5.69 Å². The molecule has 0 unspecified atom stereocenters. The van der Waals surface area contributed by atoms with E-state index in [-0.39, 0.29) is 0 Å². The first-order valence-electron chi connectivity index (χ1n) is 7.30. The topological polar surface area (TPSA) is 69.6 Å². The lowest BCUT2D eigenvalue weighted by molar-refractivity contribution is 0.185. The minimum atomic E-state index is 0.318. The maximum Gasteiger partial charge on any atom is 0.185 e. The molecule has 2 aromatic rings. The summed E-state index contributed by atoms with van der Waals surface area (Å²) in [6.07, 6.45) is 4.51. The van der Waals surface area contributed by atoms with Gasteiger partial charge in [0.05, 0.1) is 16.6 Å². The second kappa shape index (κ2) is 5.30. The van der Waals surface area contributed by atoms with Crippen molar-refractivity contribution in [2.75, 3.05) is 5.73 Å². The zero-order valence-corrected chi connectivity index (χ0v) is 13.1. The summed E-state index contributed by atoms with van der Waals surface area (Å²) in [6.45, 7) is 4.63. The van der Waals surface area contributed by atoms with Crippen LogP contribution in [0, 0.1) is 5.41 Å². The molecule has 1 aromatic heterocycles. The predicted molar refractivity (Wildman–Crippen MR) is 84.0 cm³/mol. The number of nitrogens with zero attached hydrogens (tertiary/aromatic N) is 4. The molecule has 0 aliphatic heterocycles. The Morgan fingerprint density at radius 2 is 2.00 bits per heavy atom. The first-order valence-corrected chi connectivity index (χ1v) is 7.68. The first-order chi connectivity index (χ1) is 9.98. The summed E-state index contributed by atoms with van der Waals surface area (Å²) in [5.74, 6) is 0.669. The second-order valence-electron chi connectivity index (χ2n) is 6.55. The summed E-state index contributed by atoms with van der Waals surface area (Å²) in [6, 6.07) is 5.79. The maximum absolute atomic E-state index is 6.29. The van der Waals surface area contributed by atoms with Gasteiger partial charge in [0.15, 0.2) is 5.82 Å². The van der Waals surface area contributed by atoms with Crippen molar-refractivity contribution < 1.29 is 0 Å². The van der Waals surface area contributed by atoms with Crippen LogP contribution in [-0.2, 0) is 0 Å². The molecule has 6 heteroatoms. The van der Waals surface area contributed by atoms with Crippen molar-refractivity contribution in [1.29, 1.82) is 0 Å². The van der Waals surface area contributed by atoms with E-state index < -0.39 is 0 Å². The van der Waals surface area contributed by atoms with E-state index in [2.05, 4.69) is 29.4 Å². The largest absolute Gasteiger partial charge is 0.398 e. The van der Waals surface area contributed by atoms with Gasteiger partial charge in [-0.2, -0.15) is 0 Å². The number of hydrogen-bond donors (Lipinski definition) is 1. The van der Waals surface area contributed by atoms with Gasteiger partial charge in [0.25, 0.3) is 0 Å². The lowest BCUT2D eigenvalue weighted by atomic mass is 9.75. The van der Waals surface area contributed by atoms with Crippen LogP contribution in [0.25, 0.3) is 11.4 Å². The van der Waals surface area contributed by atoms with Gasteiger partial charge in [-0.05, 0) is 53.7 Å². The standard InChI is InChI=1S/C15H20ClN5/c1-15(2)8-6-10(7-9-15)21-14(18-19-20-21)13-11(16)4-3-5-12(13)17/h3-5,10H,6-9,17H2,1-2H3. The SMILES string of the molecule is CC1(C)CCC(n2nnnc2-c2c(N)cccc2Cl)CC1. The highest BCUT2D eigenvalue weighted by Crippen LogP contribution is 2.41. The maximum atomic E-state index is 6.29. The highest BCUT2D eigenvalue weighted by Gasteiger charge is 2.30. The summed E-state index contributed by atoms with van der Waals surface area (Å²) in [5.41, 5.74) is 7.81. The quantitative estimate of drug-likeness (QED) is 0.859. The van der Waals surface area contributed by atoms with E-state index in [1.165, 1.54) is 12.8 Å². The zero-order chi connectivity index (χ0) is 15.0. The molecule has 1 heterocycles. The van der Waals surface area contributed by atoms with Crippen molar-refractivity contribution in [1.82, 2.24) is 20.2 Å². The van der Waals surface area contributed by atoms with Gasteiger partial charge in [-0.3, -0.25) is 0 Å². The number of aromatic nitrogens is 4. The summed E-state index contributed by atoms with van der Waals surface area (Å²) < 4.78 is 1.90. The third-order valence-electron chi connectivity index (χ3n) is 4.42. The fraction of sp³-hybridized carbons (Fsp3) is 0.533. The average Bonchev–Trinajstić information content (AvgIpc) is 2.88. The molecule has 1 aliphatic rings. The number of nitrogen functional groups attached to an aromatic ring is 1. The second-order valence-corrected chi connectivity index (χ2v) is 6.95. The molecule has 5 nitrogen and oxygen atoms in total. The Balaban J connectivity index is 1.95. The van der Waals surface area contributed by atoms with E-state index >= 15 is 0 Å². The highest BCUT2D eigenvalue weighted by molar-refractivity contribution is 6.33. The molecular formula is C15H20ClN5. The molecule has 1 saturated carbocycles. The Kier molecular flexibility index (Phi) is 3.61. The normalized spacial score (nSPS) is 18.8. The van der Waals surface area contributed by atoms with Gasteiger partial charge < -0.3 is 5.73 Å². The van der Waals surface area contributed by atoms with Crippen molar-refractivity contribution in [2.24, 2.45) is 5.41 Å². The van der Waals surface area contributed by atoms with Gasteiger partial charge in [-0.15, -0.1) is 5.10 Å². The molecule has 0 spiro atoms. The molecule has 112 valence electrons. The van der Waals surface area contributed by atoms with Gasteiger partial charge in [-0.1, -0.05) is 31.5 Å². The Morgan fingerprint density at radius 3 is 2.67 bits per heavy atom. The van der Waals surface area contributed by atoms with Gasteiger partial charge in [0, 0.05) is 5.69 Å². The summed E-state index contributed by atoms with van der Waals surface area (Å²) >= 11 is 6.29. The number of halogens is 1. The first kappa shape index (κ1) is 14.3. The smallest absolute Gasteiger partial charge is 0.185 e. The molecule has 0 atom stereocenters. The molecule has 21 heavy (non-hydrogen) atoms. The van der Waals surface area contributed by atoms with Crippen molar-refractivity contribution in [3.63, 3.8) is 0 Å². The van der Waals surface area contributed by atoms with Gasteiger partial charge >= 0.3 is 0 Å². The van der Waals surface area contributed by atoms with E-state index in [0.29, 0.717) is 28.0 Å². The number of rotatable bonds is 2. The predicted octanol–water partition coefficient (Wildman–Crippen LogP) is 3.72. The highest BCUT2D eigenvalue weighted by atomic mass is 35.5. The van der Waals surface area contributed by atoms with E-state index in [1.54, 1.807) is 0 Å². The van der Waals surface area contributed by atoms with Crippen molar-refractivity contribution in [3.8, 4) is 11.4 Å². The Morgan fingerprint density at radius 1 is 1.29 bits per heavy atom. The summed E-state index contributed by atoms with van der Waals surface area (Å²) in [5, 5.41) is 12.8. The number of benzene rings is 1. The van der Waals surface area contributed by atoms with Crippen molar-refractivity contribution in [2.45, 2.75) is 45.6 Å². The molecule has 1 aliphatic carbocycles. The number of nitrogens with two attached hydrogens (primary N) is 1. The molecule has 2 N–H and O–H groups in total. The van der Waals surface area contributed by atoms with Crippen LogP contribution in [0.3, 0.4) is 0 Å². The molecule has 3 rings (SSSR count). The van der Waals surface area contributed by atoms with E-state index in [9.17, 15) is 0 Å². The summed E-state index contributed by atoms with van der Waals surface area (Å²) in [4.78, 5) is 0.